The van der Waals surface area contributed by atoms with E-state index >= 15 is 0 Å². The van der Waals surface area contributed by atoms with Gasteiger partial charge in [0.05, 0.1) is 6.54 Å². The number of pyridine rings is 1. The number of halogens is 4. The highest BCUT2D eigenvalue weighted by Crippen LogP contribution is 2.33. The number of rotatable bonds is 5. The Morgan fingerprint density at radius 3 is 2.30 bits per heavy atom. The molecule has 0 spiro atoms. The van der Waals surface area contributed by atoms with E-state index in [-0.39, 0.29) is 13.2 Å². The number of hydrogen-bond donors (Lipinski definition) is 0. The van der Waals surface area contributed by atoms with Gasteiger partial charge in [-0.15, -0.1) is 0 Å². The minimum absolute atomic E-state index is 0.0999. The molecule has 0 saturated heterocycles. The van der Waals surface area contributed by atoms with Gasteiger partial charge in [-0.3, -0.25) is 4.79 Å². The molecule has 0 aliphatic carbocycles. The summed E-state index contributed by atoms with van der Waals surface area (Å²) in [5.74, 6) is -1.06. The molecule has 0 unspecified atom stereocenters. The highest BCUT2D eigenvalue weighted by atomic mass is 19.4. The number of nitrogens with zero attached hydrogens (tertiary/aromatic N) is 1. The fourth-order valence-electron chi connectivity index (χ4n) is 2.63. The van der Waals surface area contributed by atoms with Crippen LogP contribution in [0.25, 0.3) is 0 Å². The summed E-state index contributed by atoms with van der Waals surface area (Å²) in [6, 6.07) is 15.1. The zero-order valence-electron chi connectivity index (χ0n) is 14.0. The summed E-state index contributed by atoms with van der Waals surface area (Å²) in [5.41, 5.74) is -1.56. The molecule has 0 fully saturated rings. The van der Waals surface area contributed by atoms with Gasteiger partial charge >= 0.3 is 6.18 Å². The third-order valence-corrected chi connectivity index (χ3v) is 3.89. The summed E-state index contributed by atoms with van der Waals surface area (Å²) in [5, 5.41) is 0. The van der Waals surface area contributed by atoms with E-state index in [2.05, 4.69) is 0 Å². The Morgan fingerprint density at radius 1 is 0.926 bits per heavy atom. The second kappa shape index (κ2) is 7.65. The highest BCUT2D eigenvalue weighted by molar-refractivity contribution is 5.34. The fourth-order valence-corrected chi connectivity index (χ4v) is 2.63. The molecule has 0 atom stereocenters. The number of benzene rings is 2. The summed E-state index contributed by atoms with van der Waals surface area (Å²) < 4.78 is 59.8. The van der Waals surface area contributed by atoms with Crippen molar-refractivity contribution in [3.05, 3.63) is 99.7 Å². The molecule has 140 valence electrons. The van der Waals surface area contributed by atoms with Gasteiger partial charge in [-0.25, -0.2) is 4.39 Å². The van der Waals surface area contributed by atoms with Crippen LogP contribution in [-0.4, -0.2) is 4.57 Å². The van der Waals surface area contributed by atoms with Crippen molar-refractivity contribution in [2.24, 2.45) is 0 Å². The summed E-state index contributed by atoms with van der Waals surface area (Å²) in [6.45, 7) is -0.282. The normalized spacial score (nSPS) is 11.4. The van der Waals surface area contributed by atoms with Crippen LogP contribution >= 0.6 is 0 Å². The molecule has 0 radical (unpaired) electrons. The Kier molecular flexibility index (Phi) is 5.30. The van der Waals surface area contributed by atoms with Crippen LogP contribution in [0.1, 0.15) is 16.7 Å². The van der Waals surface area contributed by atoms with Gasteiger partial charge in [-0.05, 0) is 29.3 Å². The first-order chi connectivity index (χ1) is 12.8. The summed E-state index contributed by atoms with van der Waals surface area (Å²) >= 11 is 0. The second-order valence-electron chi connectivity index (χ2n) is 5.89. The summed E-state index contributed by atoms with van der Waals surface area (Å²) in [7, 11) is 0. The zero-order valence-corrected chi connectivity index (χ0v) is 14.0. The van der Waals surface area contributed by atoms with E-state index in [4.69, 9.17) is 4.74 Å². The van der Waals surface area contributed by atoms with Crippen molar-refractivity contribution < 1.29 is 22.3 Å². The Bertz CT molecular complexity index is 981. The van der Waals surface area contributed by atoms with Crippen LogP contribution in [0.4, 0.5) is 17.6 Å². The molecule has 2 aromatic carbocycles. The van der Waals surface area contributed by atoms with Crippen molar-refractivity contribution in [3.63, 3.8) is 0 Å². The van der Waals surface area contributed by atoms with Crippen LogP contribution in [-0.2, 0) is 19.3 Å². The largest absolute Gasteiger partial charge is 0.488 e. The standard InChI is InChI=1S/C20H15F4NO2/c21-16-8-4-7-15(11-16)12-25-10-9-17(18(19(25)26)20(22,23)24)27-13-14-5-2-1-3-6-14/h1-11H,12-13H2. The van der Waals surface area contributed by atoms with Gasteiger partial charge < -0.3 is 9.30 Å². The van der Waals surface area contributed by atoms with E-state index < -0.39 is 28.9 Å². The number of alkyl halides is 3. The number of hydrogen-bond acceptors (Lipinski definition) is 2. The first-order valence-electron chi connectivity index (χ1n) is 8.06. The third kappa shape index (κ3) is 4.55. The molecular formula is C20H15F4NO2. The number of aromatic nitrogens is 1. The van der Waals surface area contributed by atoms with Crippen molar-refractivity contribution in [2.45, 2.75) is 19.3 Å². The van der Waals surface area contributed by atoms with Gasteiger partial charge in [-0.2, -0.15) is 13.2 Å². The van der Waals surface area contributed by atoms with Crippen LogP contribution in [0.15, 0.2) is 71.7 Å². The fraction of sp³-hybridized carbons (Fsp3) is 0.150. The molecule has 0 bridgehead atoms. The minimum atomic E-state index is -4.88. The second-order valence-corrected chi connectivity index (χ2v) is 5.89. The number of ether oxygens (including phenoxy) is 1. The van der Waals surface area contributed by atoms with E-state index in [0.717, 1.165) is 10.6 Å². The molecule has 1 aromatic heterocycles. The molecule has 0 saturated carbocycles. The quantitative estimate of drug-likeness (QED) is 0.607. The molecule has 0 aliphatic rings. The molecule has 3 rings (SSSR count). The van der Waals surface area contributed by atoms with Crippen molar-refractivity contribution in [1.82, 2.24) is 4.57 Å². The lowest BCUT2D eigenvalue weighted by molar-refractivity contribution is -0.140. The lowest BCUT2D eigenvalue weighted by Crippen LogP contribution is -2.29. The topological polar surface area (TPSA) is 31.2 Å². The van der Waals surface area contributed by atoms with Gasteiger partial charge in [-0.1, -0.05) is 42.5 Å². The molecule has 1 heterocycles. The Morgan fingerprint density at radius 2 is 1.63 bits per heavy atom. The predicted octanol–water partition coefficient (Wildman–Crippen LogP) is 4.63. The van der Waals surface area contributed by atoms with Gasteiger partial charge in [0.1, 0.15) is 18.2 Å². The Balaban J connectivity index is 1.93. The van der Waals surface area contributed by atoms with Crippen LogP contribution in [0.2, 0.25) is 0 Å². The van der Waals surface area contributed by atoms with E-state index in [0.29, 0.717) is 11.1 Å². The van der Waals surface area contributed by atoms with Crippen LogP contribution in [0.3, 0.4) is 0 Å². The van der Waals surface area contributed by atoms with Crippen LogP contribution < -0.4 is 10.3 Å². The summed E-state index contributed by atoms with van der Waals surface area (Å²) in [6.07, 6.45) is -3.67. The molecule has 27 heavy (non-hydrogen) atoms. The van der Waals surface area contributed by atoms with Crippen molar-refractivity contribution in [3.8, 4) is 5.75 Å². The third-order valence-electron chi connectivity index (χ3n) is 3.89. The zero-order chi connectivity index (χ0) is 19.4. The molecule has 7 heteroatoms. The van der Waals surface area contributed by atoms with E-state index in [1.165, 1.54) is 30.5 Å². The minimum Gasteiger partial charge on any atom is -0.488 e. The molecule has 0 aliphatic heterocycles. The molecule has 0 N–H and O–H groups in total. The van der Waals surface area contributed by atoms with Crippen LogP contribution in [0, 0.1) is 5.82 Å². The van der Waals surface area contributed by atoms with Gasteiger partial charge in [0.25, 0.3) is 5.56 Å². The molecule has 3 aromatic rings. The maximum Gasteiger partial charge on any atom is 0.425 e. The Hall–Kier alpha value is -3.09. The smallest absolute Gasteiger partial charge is 0.425 e. The lowest BCUT2D eigenvalue weighted by atomic mass is 10.2. The summed E-state index contributed by atoms with van der Waals surface area (Å²) in [4.78, 5) is 12.4. The first-order valence-corrected chi connectivity index (χ1v) is 8.06. The van der Waals surface area contributed by atoms with Crippen molar-refractivity contribution in [1.29, 1.82) is 0 Å². The molecule has 3 nitrogen and oxygen atoms in total. The SMILES string of the molecule is O=c1c(C(F)(F)F)c(OCc2ccccc2)ccn1Cc1cccc(F)c1. The van der Waals surface area contributed by atoms with E-state index in [1.807, 2.05) is 0 Å². The molecule has 0 amide bonds. The van der Waals surface area contributed by atoms with E-state index in [9.17, 15) is 22.4 Å². The van der Waals surface area contributed by atoms with Gasteiger partial charge in [0, 0.05) is 6.20 Å². The average molecular weight is 377 g/mol. The monoisotopic (exact) mass is 377 g/mol. The maximum absolute atomic E-state index is 13.5. The van der Waals surface area contributed by atoms with E-state index in [1.54, 1.807) is 30.3 Å². The lowest BCUT2D eigenvalue weighted by Gasteiger charge is -2.16. The first kappa shape index (κ1) is 18.7. The predicted molar refractivity (Wildman–Crippen MR) is 92.0 cm³/mol. The van der Waals surface area contributed by atoms with Crippen molar-refractivity contribution in [2.75, 3.05) is 0 Å². The molecular weight excluding hydrogens is 362 g/mol. The Labute approximate surface area is 152 Å². The van der Waals surface area contributed by atoms with Gasteiger partial charge in [0.2, 0.25) is 0 Å². The van der Waals surface area contributed by atoms with Gasteiger partial charge in [0.15, 0.2) is 5.56 Å². The average Bonchev–Trinajstić information content (AvgIpc) is 2.62. The maximum atomic E-state index is 13.5. The van der Waals surface area contributed by atoms with Crippen molar-refractivity contribution >= 4 is 0 Å². The highest BCUT2D eigenvalue weighted by Gasteiger charge is 2.38. The van der Waals surface area contributed by atoms with Crippen LogP contribution in [0.5, 0.6) is 5.75 Å².